The van der Waals surface area contributed by atoms with Crippen molar-refractivity contribution >= 4 is 37.9 Å². The maximum Gasteiger partial charge on any atom is 0.269 e. The van der Waals surface area contributed by atoms with Gasteiger partial charge in [0.15, 0.2) is 11.7 Å². The number of non-ortho nitro benzene ring substituents is 1. The number of amides is 1. The first-order chi connectivity index (χ1) is 15.0. The number of sulfone groups is 1. The number of carbonyl (C=O) groups is 1. The molecule has 0 radical (unpaired) electrons. The predicted octanol–water partition coefficient (Wildman–Crippen LogP) is 4.20. The molecule has 0 bridgehead atoms. The predicted molar refractivity (Wildman–Crippen MR) is 120 cm³/mol. The number of benzene rings is 2. The molecule has 3 aromatic rings. The molecule has 0 aliphatic heterocycles. The molecule has 2 aromatic carbocycles. The second-order valence-corrected chi connectivity index (χ2v) is 11.0. The van der Waals surface area contributed by atoms with Crippen LogP contribution >= 0.6 is 11.3 Å². The van der Waals surface area contributed by atoms with Crippen molar-refractivity contribution in [1.82, 2.24) is 4.98 Å². The number of nitro benzene ring substituents is 1. The Hall–Kier alpha value is -3.31. The molecule has 168 valence electrons. The fourth-order valence-corrected chi connectivity index (χ4v) is 5.26. The third-order valence-corrected chi connectivity index (χ3v) is 7.55. The SMILES string of the molecule is CC(C)(C)c1ccccc1OCC(=O)Nc1ncc(S(=O)(=O)c2ccc([N+](=O)[O-])cc2)s1. The van der Waals surface area contributed by atoms with Crippen molar-refractivity contribution in [1.29, 1.82) is 0 Å². The van der Waals surface area contributed by atoms with Gasteiger partial charge in [-0.1, -0.05) is 50.3 Å². The lowest BCUT2D eigenvalue weighted by Crippen LogP contribution is -2.21. The van der Waals surface area contributed by atoms with Crippen LogP contribution in [0.4, 0.5) is 10.8 Å². The molecule has 1 amide bonds. The third-order valence-electron chi connectivity index (χ3n) is 4.41. The van der Waals surface area contributed by atoms with E-state index >= 15 is 0 Å². The number of anilines is 1. The monoisotopic (exact) mass is 475 g/mol. The molecule has 1 aromatic heterocycles. The molecule has 0 aliphatic rings. The van der Waals surface area contributed by atoms with Gasteiger partial charge in [0.2, 0.25) is 9.84 Å². The Morgan fingerprint density at radius 2 is 1.81 bits per heavy atom. The Balaban J connectivity index is 1.67. The van der Waals surface area contributed by atoms with E-state index in [0.29, 0.717) is 5.75 Å². The lowest BCUT2D eigenvalue weighted by atomic mass is 9.86. The molecule has 0 spiro atoms. The largest absolute Gasteiger partial charge is 0.483 e. The van der Waals surface area contributed by atoms with Crippen LogP contribution < -0.4 is 10.1 Å². The van der Waals surface area contributed by atoms with Crippen molar-refractivity contribution in [2.75, 3.05) is 11.9 Å². The molecular formula is C21H21N3O6S2. The fourth-order valence-electron chi connectivity index (χ4n) is 2.82. The molecule has 0 fully saturated rings. The first-order valence-corrected chi connectivity index (χ1v) is 11.8. The minimum Gasteiger partial charge on any atom is -0.483 e. The summed E-state index contributed by atoms with van der Waals surface area (Å²) in [5.74, 6) is 0.109. The summed E-state index contributed by atoms with van der Waals surface area (Å²) in [5.41, 5.74) is 0.580. The van der Waals surface area contributed by atoms with Crippen molar-refractivity contribution in [3.63, 3.8) is 0 Å². The quantitative estimate of drug-likeness (QED) is 0.400. The molecule has 1 heterocycles. The van der Waals surface area contributed by atoms with E-state index < -0.39 is 20.7 Å². The van der Waals surface area contributed by atoms with Gasteiger partial charge in [0, 0.05) is 12.1 Å². The molecule has 1 N–H and O–H groups in total. The standard InChI is InChI=1S/C21H21N3O6S2/c1-21(2,3)16-6-4-5-7-17(16)30-13-18(25)23-20-22-12-19(31-20)32(28,29)15-10-8-14(9-11-15)24(26)27/h4-12H,13H2,1-3H3,(H,22,23,25). The van der Waals surface area contributed by atoms with Crippen LogP contribution in [0, 0.1) is 10.1 Å². The zero-order valence-corrected chi connectivity index (χ0v) is 19.2. The molecule has 3 rings (SSSR count). The number of hydrogen-bond donors (Lipinski definition) is 1. The number of nitro groups is 1. The summed E-state index contributed by atoms with van der Waals surface area (Å²) in [6, 6.07) is 12.0. The number of ether oxygens (including phenoxy) is 1. The minimum atomic E-state index is -3.92. The van der Waals surface area contributed by atoms with Crippen molar-refractivity contribution in [3.05, 3.63) is 70.4 Å². The highest BCUT2D eigenvalue weighted by atomic mass is 32.2. The van der Waals surface area contributed by atoms with Crippen LogP contribution in [0.3, 0.4) is 0 Å². The first kappa shape index (κ1) is 23.4. The topological polar surface area (TPSA) is 128 Å². The Morgan fingerprint density at radius 3 is 2.44 bits per heavy atom. The number of hydrogen-bond acceptors (Lipinski definition) is 8. The summed E-state index contributed by atoms with van der Waals surface area (Å²) >= 11 is 0.782. The van der Waals surface area contributed by atoms with E-state index in [1.807, 2.05) is 39.0 Å². The second kappa shape index (κ2) is 9.05. The van der Waals surface area contributed by atoms with E-state index in [0.717, 1.165) is 47.4 Å². The van der Waals surface area contributed by atoms with Crippen LogP contribution in [-0.2, 0) is 20.0 Å². The van der Waals surface area contributed by atoms with Gasteiger partial charge in [-0.3, -0.25) is 20.2 Å². The lowest BCUT2D eigenvalue weighted by molar-refractivity contribution is -0.384. The number of nitrogens with one attached hydrogen (secondary N) is 1. The van der Waals surface area contributed by atoms with Gasteiger partial charge in [-0.05, 0) is 29.2 Å². The zero-order chi connectivity index (χ0) is 23.5. The van der Waals surface area contributed by atoms with Crippen molar-refractivity contribution in [3.8, 4) is 5.75 Å². The van der Waals surface area contributed by atoms with Gasteiger partial charge in [-0.2, -0.15) is 0 Å². The average Bonchev–Trinajstić information content (AvgIpc) is 3.21. The van der Waals surface area contributed by atoms with Gasteiger partial charge in [0.1, 0.15) is 9.96 Å². The smallest absolute Gasteiger partial charge is 0.269 e. The van der Waals surface area contributed by atoms with Gasteiger partial charge in [0.25, 0.3) is 11.6 Å². The summed E-state index contributed by atoms with van der Waals surface area (Å²) in [7, 11) is -3.92. The van der Waals surface area contributed by atoms with E-state index in [4.69, 9.17) is 4.74 Å². The molecule has 0 unspecified atom stereocenters. The summed E-state index contributed by atoms with van der Waals surface area (Å²) in [5, 5.41) is 13.4. The number of para-hydroxylation sites is 1. The normalized spacial score (nSPS) is 11.7. The molecule has 0 atom stereocenters. The number of aromatic nitrogens is 1. The van der Waals surface area contributed by atoms with Crippen LogP contribution in [0.15, 0.2) is 63.8 Å². The second-order valence-electron chi connectivity index (χ2n) is 7.82. The third kappa shape index (κ3) is 5.29. The Kier molecular flexibility index (Phi) is 6.60. The van der Waals surface area contributed by atoms with Crippen molar-refractivity contribution in [2.24, 2.45) is 0 Å². The van der Waals surface area contributed by atoms with Crippen LogP contribution in [0.25, 0.3) is 0 Å². The average molecular weight is 476 g/mol. The van der Waals surface area contributed by atoms with Gasteiger partial charge >= 0.3 is 0 Å². The highest BCUT2D eigenvalue weighted by Crippen LogP contribution is 2.31. The molecule has 0 saturated heterocycles. The Morgan fingerprint density at radius 1 is 1.16 bits per heavy atom. The minimum absolute atomic E-state index is 0.0966. The van der Waals surface area contributed by atoms with Gasteiger partial charge < -0.3 is 4.74 Å². The van der Waals surface area contributed by atoms with Crippen LogP contribution in [0.2, 0.25) is 0 Å². The Bertz CT molecular complexity index is 1250. The van der Waals surface area contributed by atoms with Crippen LogP contribution in [-0.4, -0.2) is 30.8 Å². The summed E-state index contributed by atoms with van der Waals surface area (Å²) in [6.07, 6.45) is 1.13. The van der Waals surface area contributed by atoms with Gasteiger partial charge in [-0.15, -0.1) is 0 Å². The summed E-state index contributed by atoms with van der Waals surface area (Å²) < 4.78 is 31.0. The van der Waals surface area contributed by atoms with E-state index in [1.54, 1.807) is 6.07 Å². The fraction of sp³-hybridized carbons (Fsp3) is 0.238. The van der Waals surface area contributed by atoms with E-state index in [1.165, 1.54) is 0 Å². The Labute approximate surface area is 189 Å². The molecule has 9 nitrogen and oxygen atoms in total. The van der Waals surface area contributed by atoms with Gasteiger partial charge in [0.05, 0.1) is 16.0 Å². The van der Waals surface area contributed by atoms with Crippen molar-refractivity contribution < 1.29 is 22.9 Å². The first-order valence-electron chi connectivity index (χ1n) is 9.46. The molecule has 0 aliphatic carbocycles. The highest BCUT2D eigenvalue weighted by molar-refractivity contribution is 7.93. The van der Waals surface area contributed by atoms with E-state index in [-0.39, 0.29) is 31.9 Å². The number of rotatable bonds is 7. The zero-order valence-electron chi connectivity index (χ0n) is 17.6. The van der Waals surface area contributed by atoms with Crippen molar-refractivity contribution in [2.45, 2.75) is 35.3 Å². The maximum absolute atomic E-state index is 12.7. The van der Waals surface area contributed by atoms with Crippen LogP contribution in [0.1, 0.15) is 26.3 Å². The van der Waals surface area contributed by atoms with E-state index in [9.17, 15) is 23.3 Å². The molecule has 0 saturated carbocycles. The molecule has 11 heteroatoms. The summed E-state index contributed by atoms with van der Waals surface area (Å²) in [4.78, 5) is 26.3. The molecular weight excluding hydrogens is 454 g/mol. The highest BCUT2D eigenvalue weighted by Gasteiger charge is 2.23. The summed E-state index contributed by atoms with van der Waals surface area (Å²) in [6.45, 7) is 5.85. The number of thiazole rings is 1. The van der Waals surface area contributed by atoms with Gasteiger partial charge in [-0.25, -0.2) is 13.4 Å². The molecule has 32 heavy (non-hydrogen) atoms. The van der Waals surface area contributed by atoms with Crippen LogP contribution in [0.5, 0.6) is 5.75 Å². The lowest BCUT2D eigenvalue weighted by Gasteiger charge is -2.22. The van der Waals surface area contributed by atoms with E-state index in [2.05, 4.69) is 10.3 Å². The number of nitrogens with zero attached hydrogens (tertiary/aromatic N) is 2. The number of carbonyl (C=O) groups excluding carboxylic acids is 1. The maximum atomic E-state index is 12.7.